The van der Waals surface area contributed by atoms with Gasteiger partial charge >= 0.3 is 0 Å². The van der Waals surface area contributed by atoms with Crippen LogP contribution in [0.2, 0.25) is 0 Å². The van der Waals surface area contributed by atoms with Gasteiger partial charge in [-0.15, -0.1) is 0 Å². The molecule has 3 rings (SSSR count). The summed E-state index contributed by atoms with van der Waals surface area (Å²) in [6, 6.07) is 27.9. The summed E-state index contributed by atoms with van der Waals surface area (Å²) in [6.45, 7) is 0. The van der Waals surface area contributed by atoms with Crippen molar-refractivity contribution in [2.75, 3.05) is 19.0 Å². The second-order valence-corrected chi connectivity index (χ2v) is 6.31. The molecule has 0 aliphatic heterocycles. The summed E-state index contributed by atoms with van der Waals surface area (Å²) in [5.74, 6) is -0.854. The zero-order chi connectivity index (χ0) is 20.6. The zero-order valence-corrected chi connectivity index (χ0v) is 16.4. The maximum Gasteiger partial charge on any atom is 0.256 e. The van der Waals surface area contributed by atoms with Gasteiger partial charge in [0.15, 0.2) is 0 Å². The fraction of sp³-hybridized carbons (Fsp3) is 0.0833. The van der Waals surface area contributed by atoms with E-state index in [4.69, 9.17) is 0 Å². The fourth-order valence-electron chi connectivity index (χ4n) is 2.99. The standard InChI is InChI=1S/C24H23N3O2/c1-25-23(28)22(24(29)26-2)17-18-13-15-21(16-14-18)27(19-9-5-3-6-10-19)20-11-7-4-8-12-20/h3-17H,1-2H3,(H,25,28)(H,26,29). The molecule has 0 aliphatic carbocycles. The molecule has 3 aromatic rings. The van der Waals surface area contributed by atoms with E-state index in [9.17, 15) is 9.59 Å². The van der Waals surface area contributed by atoms with Gasteiger partial charge in [-0.3, -0.25) is 9.59 Å². The van der Waals surface area contributed by atoms with Gasteiger partial charge in [0, 0.05) is 31.2 Å². The highest BCUT2D eigenvalue weighted by atomic mass is 16.2. The first-order valence-electron chi connectivity index (χ1n) is 9.30. The van der Waals surface area contributed by atoms with Crippen molar-refractivity contribution in [2.24, 2.45) is 0 Å². The molecule has 2 amide bonds. The third-order valence-corrected chi connectivity index (χ3v) is 4.43. The van der Waals surface area contributed by atoms with Gasteiger partial charge in [0.25, 0.3) is 11.8 Å². The summed E-state index contributed by atoms with van der Waals surface area (Å²) in [4.78, 5) is 26.2. The van der Waals surface area contributed by atoms with Crippen molar-refractivity contribution >= 4 is 35.0 Å². The molecule has 2 N–H and O–H groups in total. The van der Waals surface area contributed by atoms with Crippen LogP contribution in [-0.2, 0) is 9.59 Å². The molecule has 3 aromatic carbocycles. The summed E-state index contributed by atoms with van der Waals surface area (Å²) in [6.07, 6.45) is 1.58. The normalized spacial score (nSPS) is 10.0. The van der Waals surface area contributed by atoms with E-state index in [-0.39, 0.29) is 5.57 Å². The molecule has 0 bridgehead atoms. The van der Waals surface area contributed by atoms with Crippen LogP contribution in [0, 0.1) is 0 Å². The van der Waals surface area contributed by atoms with Gasteiger partial charge in [-0.05, 0) is 48.0 Å². The van der Waals surface area contributed by atoms with Crippen molar-refractivity contribution in [3.8, 4) is 0 Å². The third kappa shape index (κ3) is 4.71. The topological polar surface area (TPSA) is 61.4 Å². The van der Waals surface area contributed by atoms with Gasteiger partial charge in [-0.2, -0.15) is 0 Å². The summed E-state index contributed by atoms with van der Waals surface area (Å²) in [7, 11) is 3.00. The van der Waals surface area contributed by atoms with E-state index >= 15 is 0 Å². The Hall–Kier alpha value is -3.86. The Balaban J connectivity index is 1.99. The SMILES string of the molecule is CNC(=O)C(=Cc1ccc(N(c2ccccc2)c2ccccc2)cc1)C(=O)NC. The summed E-state index contributed by atoms with van der Waals surface area (Å²) < 4.78 is 0. The molecule has 5 nitrogen and oxygen atoms in total. The number of carbonyl (C=O) groups excluding carboxylic acids is 2. The quantitative estimate of drug-likeness (QED) is 0.383. The van der Waals surface area contributed by atoms with E-state index < -0.39 is 11.8 Å². The van der Waals surface area contributed by atoms with Gasteiger partial charge in [0.2, 0.25) is 0 Å². The molecule has 0 heterocycles. The lowest BCUT2D eigenvalue weighted by atomic mass is 10.1. The van der Waals surface area contributed by atoms with Crippen LogP contribution in [0.5, 0.6) is 0 Å². The summed E-state index contributed by atoms with van der Waals surface area (Å²) in [5, 5.41) is 4.99. The smallest absolute Gasteiger partial charge is 0.256 e. The molecule has 0 radical (unpaired) electrons. The molecule has 0 spiro atoms. The van der Waals surface area contributed by atoms with Gasteiger partial charge in [0.05, 0.1) is 0 Å². The minimum absolute atomic E-state index is 0.0609. The van der Waals surface area contributed by atoms with Gasteiger partial charge in [-0.1, -0.05) is 48.5 Å². The number of likely N-dealkylation sites (N-methyl/N-ethyl adjacent to an activating group) is 2. The Morgan fingerprint density at radius 2 is 1.07 bits per heavy atom. The van der Waals surface area contributed by atoms with Crippen molar-refractivity contribution in [1.29, 1.82) is 0 Å². The van der Waals surface area contributed by atoms with Crippen molar-refractivity contribution < 1.29 is 9.59 Å². The molecule has 29 heavy (non-hydrogen) atoms. The van der Waals surface area contributed by atoms with Crippen molar-refractivity contribution in [3.63, 3.8) is 0 Å². The first kappa shape index (κ1) is 19.9. The number of nitrogens with one attached hydrogen (secondary N) is 2. The van der Waals surface area contributed by atoms with Crippen LogP contribution in [0.25, 0.3) is 6.08 Å². The lowest BCUT2D eigenvalue weighted by molar-refractivity contribution is -0.122. The lowest BCUT2D eigenvalue weighted by Crippen LogP contribution is -2.31. The van der Waals surface area contributed by atoms with Crippen LogP contribution < -0.4 is 15.5 Å². The molecule has 0 aromatic heterocycles. The van der Waals surface area contributed by atoms with E-state index in [0.717, 1.165) is 22.6 Å². The molecule has 0 saturated carbocycles. The second-order valence-electron chi connectivity index (χ2n) is 6.31. The highest BCUT2D eigenvalue weighted by Gasteiger charge is 2.16. The predicted molar refractivity (Wildman–Crippen MR) is 117 cm³/mol. The molecular weight excluding hydrogens is 362 g/mol. The second kappa shape index (κ2) is 9.37. The Labute approximate surface area is 170 Å². The van der Waals surface area contributed by atoms with Crippen molar-refractivity contribution in [2.45, 2.75) is 0 Å². The van der Waals surface area contributed by atoms with Gasteiger partial charge in [0.1, 0.15) is 5.57 Å². The number of rotatable bonds is 6. The number of amides is 2. The molecule has 0 aliphatic rings. The Morgan fingerprint density at radius 1 is 0.655 bits per heavy atom. The average molecular weight is 385 g/mol. The van der Waals surface area contributed by atoms with E-state index in [1.54, 1.807) is 6.08 Å². The van der Waals surface area contributed by atoms with Crippen LogP contribution in [0.1, 0.15) is 5.56 Å². The van der Waals surface area contributed by atoms with Crippen LogP contribution in [0.3, 0.4) is 0 Å². The number of para-hydroxylation sites is 2. The number of hydrogen-bond acceptors (Lipinski definition) is 3. The Bertz CT molecular complexity index is 940. The number of anilines is 3. The summed E-state index contributed by atoms with van der Waals surface area (Å²) >= 11 is 0. The molecule has 0 saturated heterocycles. The third-order valence-electron chi connectivity index (χ3n) is 4.43. The predicted octanol–water partition coefficient (Wildman–Crippen LogP) is 4.03. The minimum atomic E-state index is -0.427. The molecule has 146 valence electrons. The number of carbonyl (C=O) groups is 2. The minimum Gasteiger partial charge on any atom is -0.355 e. The largest absolute Gasteiger partial charge is 0.355 e. The van der Waals surface area contributed by atoms with Crippen molar-refractivity contribution in [1.82, 2.24) is 10.6 Å². The van der Waals surface area contributed by atoms with E-state index in [2.05, 4.69) is 39.8 Å². The lowest BCUT2D eigenvalue weighted by Gasteiger charge is -2.25. The van der Waals surface area contributed by atoms with Gasteiger partial charge < -0.3 is 15.5 Å². The Morgan fingerprint density at radius 3 is 1.48 bits per heavy atom. The van der Waals surface area contributed by atoms with E-state index in [0.29, 0.717) is 0 Å². The van der Waals surface area contributed by atoms with Gasteiger partial charge in [-0.25, -0.2) is 0 Å². The molecule has 0 unspecified atom stereocenters. The fourth-order valence-corrected chi connectivity index (χ4v) is 2.99. The average Bonchev–Trinajstić information content (AvgIpc) is 2.79. The molecular formula is C24H23N3O2. The first-order valence-corrected chi connectivity index (χ1v) is 9.30. The maximum atomic E-state index is 12.0. The van der Waals surface area contributed by atoms with Crippen LogP contribution in [-0.4, -0.2) is 25.9 Å². The van der Waals surface area contributed by atoms with Crippen molar-refractivity contribution in [3.05, 3.63) is 96.1 Å². The van der Waals surface area contributed by atoms with E-state index in [1.807, 2.05) is 60.7 Å². The first-order chi connectivity index (χ1) is 14.1. The Kier molecular flexibility index (Phi) is 6.43. The summed E-state index contributed by atoms with van der Waals surface area (Å²) in [5.41, 5.74) is 3.88. The number of hydrogen-bond donors (Lipinski definition) is 2. The zero-order valence-electron chi connectivity index (χ0n) is 16.4. The number of benzene rings is 3. The molecule has 5 heteroatoms. The van der Waals surface area contributed by atoms with E-state index in [1.165, 1.54) is 14.1 Å². The van der Waals surface area contributed by atoms with Crippen LogP contribution in [0.15, 0.2) is 90.5 Å². The molecule has 0 fully saturated rings. The molecule has 0 atom stereocenters. The number of nitrogens with zero attached hydrogens (tertiary/aromatic N) is 1. The van der Waals surface area contributed by atoms with Crippen LogP contribution >= 0.6 is 0 Å². The monoisotopic (exact) mass is 385 g/mol. The highest BCUT2D eigenvalue weighted by molar-refractivity contribution is 6.21. The maximum absolute atomic E-state index is 12.0. The van der Waals surface area contributed by atoms with Crippen LogP contribution in [0.4, 0.5) is 17.1 Å². The highest BCUT2D eigenvalue weighted by Crippen LogP contribution is 2.34.